The third-order valence-electron chi connectivity index (χ3n) is 1.38. The Morgan fingerprint density at radius 2 is 2.44 bits per heavy atom. The summed E-state index contributed by atoms with van der Waals surface area (Å²) in [5.74, 6) is 0. The molecule has 1 rings (SSSR count). The molecule has 9 heavy (non-hydrogen) atoms. The average molecular weight is 132 g/mol. The Balaban J connectivity index is 2.23. The zero-order valence-electron chi connectivity index (χ0n) is 5.54. The van der Waals surface area contributed by atoms with Crippen LogP contribution in [0.1, 0.15) is 13.3 Å². The number of rotatable bonds is 1. The standard InChI is InChI=1S/C6H12O3/c1-5-8-3-2-6(4-7)9-5/h5-7H,2-4H2,1H3/t5-,6-/m0/s1. The molecule has 1 heterocycles. The summed E-state index contributed by atoms with van der Waals surface area (Å²) in [4.78, 5) is 0. The van der Waals surface area contributed by atoms with Crippen molar-refractivity contribution in [2.75, 3.05) is 13.2 Å². The van der Waals surface area contributed by atoms with Crippen LogP contribution >= 0.6 is 0 Å². The van der Waals surface area contributed by atoms with E-state index >= 15 is 0 Å². The summed E-state index contributed by atoms with van der Waals surface area (Å²) in [7, 11) is 0. The molecule has 0 spiro atoms. The van der Waals surface area contributed by atoms with Gasteiger partial charge >= 0.3 is 0 Å². The normalized spacial score (nSPS) is 36.7. The molecular formula is C6H12O3. The van der Waals surface area contributed by atoms with Gasteiger partial charge < -0.3 is 14.6 Å². The SMILES string of the molecule is C[C@H]1OCC[C@@H](CO)O1. The van der Waals surface area contributed by atoms with E-state index in [9.17, 15) is 0 Å². The topological polar surface area (TPSA) is 38.7 Å². The van der Waals surface area contributed by atoms with Crippen LogP contribution in [0.2, 0.25) is 0 Å². The highest BCUT2D eigenvalue weighted by atomic mass is 16.7. The van der Waals surface area contributed by atoms with Crippen molar-refractivity contribution in [3.05, 3.63) is 0 Å². The predicted molar refractivity (Wildman–Crippen MR) is 32.0 cm³/mol. The van der Waals surface area contributed by atoms with Gasteiger partial charge in [-0.25, -0.2) is 0 Å². The Morgan fingerprint density at radius 1 is 1.67 bits per heavy atom. The largest absolute Gasteiger partial charge is 0.394 e. The minimum absolute atomic E-state index is 0.00579. The molecular weight excluding hydrogens is 120 g/mol. The van der Waals surface area contributed by atoms with E-state index in [4.69, 9.17) is 14.6 Å². The van der Waals surface area contributed by atoms with Crippen molar-refractivity contribution < 1.29 is 14.6 Å². The van der Waals surface area contributed by atoms with Gasteiger partial charge in [0.25, 0.3) is 0 Å². The first-order valence-corrected chi connectivity index (χ1v) is 3.21. The molecule has 0 radical (unpaired) electrons. The van der Waals surface area contributed by atoms with Gasteiger partial charge in [-0.3, -0.25) is 0 Å². The molecule has 3 heteroatoms. The molecule has 1 aliphatic heterocycles. The van der Waals surface area contributed by atoms with Gasteiger partial charge in [-0.2, -0.15) is 0 Å². The summed E-state index contributed by atoms with van der Waals surface area (Å²) in [6, 6.07) is 0. The molecule has 3 nitrogen and oxygen atoms in total. The smallest absolute Gasteiger partial charge is 0.155 e. The van der Waals surface area contributed by atoms with Crippen molar-refractivity contribution >= 4 is 0 Å². The molecule has 1 aliphatic rings. The van der Waals surface area contributed by atoms with Crippen LogP contribution in [-0.2, 0) is 9.47 Å². The molecule has 1 N–H and O–H groups in total. The van der Waals surface area contributed by atoms with Crippen molar-refractivity contribution in [3.8, 4) is 0 Å². The second-order valence-electron chi connectivity index (χ2n) is 2.17. The minimum Gasteiger partial charge on any atom is -0.394 e. The lowest BCUT2D eigenvalue weighted by Crippen LogP contribution is -2.32. The van der Waals surface area contributed by atoms with E-state index in [1.165, 1.54) is 0 Å². The minimum atomic E-state index is -0.143. The van der Waals surface area contributed by atoms with Gasteiger partial charge in [0.05, 0.1) is 19.3 Å². The Hall–Kier alpha value is -0.120. The number of ether oxygens (including phenoxy) is 2. The van der Waals surface area contributed by atoms with E-state index in [-0.39, 0.29) is 19.0 Å². The summed E-state index contributed by atoms with van der Waals surface area (Å²) >= 11 is 0. The van der Waals surface area contributed by atoms with Gasteiger partial charge in [0.1, 0.15) is 0 Å². The molecule has 0 aliphatic carbocycles. The third kappa shape index (κ3) is 1.93. The molecule has 0 unspecified atom stereocenters. The quantitative estimate of drug-likeness (QED) is 0.551. The Morgan fingerprint density at radius 3 is 2.89 bits per heavy atom. The number of hydrogen-bond donors (Lipinski definition) is 1. The van der Waals surface area contributed by atoms with E-state index < -0.39 is 0 Å². The van der Waals surface area contributed by atoms with E-state index in [1.807, 2.05) is 6.92 Å². The summed E-state index contributed by atoms with van der Waals surface area (Å²) in [5, 5.41) is 8.63. The number of aliphatic hydroxyl groups is 1. The second kappa shape index (κ2) is 3.15. The number of hydrogen-bond acceptors (Lipinski definition) is 3. The van der Waals surface area contributed by atoms with Crippen LogP contribution in [0.15, 0.2) is 0 Å². The van der Waals surface area contributed by atoms with Crippen molar-refractivity contribution in [2.24, 2.45) is 0 Å². The highest BCUT2D eigenvalue weighted by Gasteiger charge is 2.17. The first kappa shape index (κ1) is 6.99. The highest BCUT2D eigenvalue weighted by molar-refractivity contribution is 4.59. The van der Waals surface area contributed by atoms with Crippen LogP contribution in [0.25, 0.3) is 0 Å². The molecule has 1 fully saturated rings. The van der Waals surface area contributed by atoms with Crippen molar-refractivity contribution in [1.29, 1.82) is 0 Å². The van der Waals surface area contributed by atoms with Gasteiger partial charge in [-0.15, -0.1) is 0 Å². The summed E-state index contributed by atoms with van der Waals surface area (Å²) in [6.45, 7) is 2.64. The van der Waals surface area contributed by atoms with E-state index in [0.717, 1.165) is 6.42 Å². The van der Waals surface area contributed by atoms with Crippen LogP contribution in [0.4, 0.5) is 0 Å². The molecule has 2 atom stereocenters. The lowest BCUT2D eigenvalue weighted by Gasteiger charge is -2.26. The van der Waals surface area contributed by atoms with E-state index in [1.54, 1.807) is 0 Å². The zero-order chi connectivity index (χ0) is 6.69. The monoisotopic (exact) mass is 132 g/mol. The fourth-order valence-electron chi connectivity index (χ4n) is 0.878. The lowest BCUT2D eigenvalue weighted by molar-refractivity contribution is -0.209. The molecule has 0 amide bonds. The molecule has 1 saturated heterocycles. The molecule has 0 bridgehead atoms. The van der Waals surface area contributed by atoms with Crippen molar-refractivity contribution in [3.63, 3.8) is 0 Å². The predicted octanol–water partition coefficient (Wildman–Crippen LogP) is 0.130. The first-order valence-electron chi connectivity index (χ1n) is 3.21. The molecule has 0 aromatic heterocycles. The van der Waals surface area contributed by atoms with Gasteiger partial charge in [-0.1, -0.05) is 0 Å². The lowest BCUT2D eigenvalue weighted by atomic mass is 10.2. The summed E-state index contributed by atoms with van der Waals surface area (Å²) in [6.07, 6.45) is 0.658. The van der Waals surface area contributed by atoms with Crippen LogP contribution in [0, 0.1) is 0 Å². The van der Waals surface area contributed by atoms with Gasteiger partial charge in [0.2, 0.25) is 0 Å². The second-order valence-corrected chi connectivity index (χ2v) is 2.17. The maximum atomic E-state index is 8.63. The van der Waals surface area contributed by atoms with Crippen molar-refractivity contribution in [2.45, 2.75) is 25.7 Å². The zero-order valence-corrected chi connectivity index (χ0v) is 5.54. The van der Waals surface area contributed by atoms with Gasteiger partial charge in [0.15, 0.2) is 6.29 Å². The summed E-state index contributed by atoms with van der Waals surface area (Å²) < 4.78 is 10.2. The molecule has 54 valence electrons. The van der Waals surface area contributed by atoms with Gasteiger partial charge in [0, 0.05) is 0 Å². The van der Waals surface area contributed by atoms with Crippen LogP contribution in [-0.4, -0.2) is 30.7 Å². The third-order valence-corrected chi connectivity index (χ3v) is 1.38. The molecule has 0 saturated carbocycles. The van der Waals surface area contributed by atoms with Crippen LogP contribution < -0.4 is 0 Å². The highest BCUT2D eigenvalue weighted by Crippen LogP contribution is 2.10. The van der Waals surface area contributed by atoms with E-state index in [2.05, 4.69) is 0 Å². The maximum absolute atomic E-state index is 8.63. The average Bonchev–Trinajstić information content (AvgIpc) is 1.88. The van der Waals surface area contributed by atoms with Crippen LogP contribution in [0.5, 0.6) is 0 Å². The molecule has 0 aromatic carbocycles. The molecule has 0 aromatic rings. The Bertz CT molecular complexity index is 84.4. The fraction of sp³-hybridized carbons (Fsp3) is 1.00. The Kier molecular flexibility index (Phi) is 2.45. The Labute approximate surface area is 54.6 Å². The van der Waals surface area contributed by atoms with Crippen LogP contribution in [0.3, 0.4) is 0 Å². The maximum Gasteiger partial charge on any atom is 0.155 e. The van der Waals surface area contributed by atoms with Gasteiger partial charge in [-0.05, 0) is 13.3 Å². The first-order chi connectivity index (χ1) is 4.33. The van der Waals surface area contributed by atoms with Crippen molar-refractivity contribution in [1.82, 2.24) is 0 Å². The van der Waals surface area contributed by atoms with E-state index in [0.29, 0.717) is 6.61 Å². The fourth-order valence-corrected chi connectivity index (χ4v) is 0.878. The number of aliphatic hydroxyl groups excluding tert-OH is 1. The summed E-state index contributed by atoms with van der Waals surface area (Å²) in [5.41, 5.74) is 0.